The van der Waals surface area contributed by atoms with Gasteiger partial charge in [0.25, 0.3) is 0 Å². The summed E-state index contributed by atoms with van der Waals surface area (Å²) >= 11 is 0. The fourth-order valence-electron chi connectivity index (χ4n) is 2.57. The zero-order chi connectivity index (χ0) is 19.2. The maximum absolute atomic E-state index is 11.9. The van der Waals surface area contributed by atoms with E-state index < -0.39 is 11.8 Å². The maximum Gasteiger partial charge on any atom is 0.341 e. The van der Waals surface area contributed by atoms with Crippen molar-refractivity contribution < 1.29 is 23.8 Å². The number of benzene rings is 2. The molecule has 0 bridgehead atoms. The molecule has 1 heterocycles. The molecule has 1 unspecified atom stereocenters. The number of hydrogen-bond donors (Lipinski definition) is 1. The van der Waals surface area contributed by atoms with Gasteiger partial charge < -0.3 is 14.6 Å². The van der Waals surface area contributed by atoms with Gasteiger partial charge in [-0.05, 0) is 36.8 Å². The molecule has 0 saturated carbocycles. The van der Waals surface area contributed by atoms with Crippen molar-refractivity contribution >= 4 is 11.5 Å². The molecule has 0 amide bonds. The summed E-state index contributed by atoms with van der Waals surface area (Å²) in [5.41, 5.74) is 1.51. The van der Waals surface area contributed by atoms with E-state index in [9.17, 15) is 14.3 Å². The van der Waals surface area contributed by atoms with Crippen LogP contribution in [0.5, 0.6) is 5.75 Å². The fourth-order valence-corrected chi connectivity index (χ4v) is 2.57. The summed E-state index contributed by atoms with van der Waals surface area (Å²) in [5, 5.41) is 10.3. The lowest BCUT2D eigenvalue weighted by Crippen LogP contribution is -2.26. The monoisotopic (exact) mass is 356 g/mol. The molecule has 2 aromatic carbocycles. The lowest BCUT2D eigenvalue weighted by atomic mass is 9.95. The quantitative estimate of drug-likeness (QED) is 0.841. The van der Waals surface area contributed by atoms with Crippen molar-refractivity contribution in [3.63, 3.8) is 0 Å². The van der Waals surface area contributed by atoms with Crippen LogP contribution in [0, 0.1) is 5.82 Å². The van der Waals surface area contributed by atoms with Crippen molar-refractivity contribution in [3.05, 3.63) is 83.7 Å². The summed E-state index contributed by atoms with van der Waals surface area (Å²) in [6.07, 6.45) is 3.37. The van der Waals surface area contributed by atoms with Crippen LogP contribution in [0.3, 0.4) is 0 Å². The summed E-state index contributed by atoms with van der Waals surface area (Å²) in [7, 11) is 1.56. The van der Waals surface area contributed by atoms with Crippen LogP contribution >= 0.6 is 0 Å². The smallest absolute Gasteiger partial charge is 0.341 e. The largest absolute Gasteiger partial charge is 0.497 e. The molecule has 5 heteroatoms. The molecule has 0 fully saturated rings. The number of esters is 1. The highest BCUT2D eigenvalue weighted by Crippen LogP contribution is 2.39. The summed E-state index contributed by atoms with van der Waals surface area (Å²) in [4.78, 5) is 11.8. The van der Waals surface area contributed by atoms with E-state index in [1.807, 2.05) is 0 Å². The summed E-state index contributed by atoms with van der Waals surface area (Å²) < 4.78 is 22.1. The highest BCUT2D eigenvalue weighted by atomic mass is 19.1. The SMILES string of the molecule is C/C=C/C1=C(c2cccc(OC)c2)C(C)(O)OC1=O.Fc1ccccc1. The van der Waals surface area contributed by atoms with Gasteiger partial charge in [0, 0.05) is 12.5 Å². The molecule has 1 aliphatic rings. The second kappa shape index (κ2) is 8.45. The maximum atomic E-state index is 11.9. The average Bonchev–Trinajstić information content (AvgIpc) is 2.85. The molecule has 136 valence electrons. The number of halogens is 1. The van der Waals surface area contributed by atoms with Crippen LogP contribution in [-0.4, -0.2) is 24.0 Å². The Kier molecular flexibility index (Phi) is 6.31. The van der Waals surface area contributed by atoms with Gasteiger partial charge in [-0.3, -0.25) is 0 Å². The van der Waals surface area contributed by atoms with Gasteiger partial charge in [0.05, 0.1) is 12.7 Å². The minimum Gasteiger partial charge on any atom is -0.497 e. The number of hydrogen-bond acceptors (Lipinski definition) is 4. The van der Waals surface area contributed by atoms with Gasteiger partial charge in [0.1, 0.15) is 11.6 Å². The average molecular weight is 356 g/mol. The molecular formula is C21H21FO4. The normalized spacial score (nSPS) is 19.2. The molecule has 1 aliphatic heterocycles. The van der Waals surface area contributed by atoms with Crippen molar-refractivity contribution in [3.8, 4) is 5.75 Å². The Bertz CT molecular complexity index is 823. The van der Waals surface area contributed by atoms with Crippen molar-refractivity contribution in [2.45, 2.75) is 19.6 Å². The predicted molar refractivity (Wildman–Crippen MR) is 97.8 cm³/mol. The number of aliphatic hydroxyl groups is 1. The zero-order valence-electron chi connectivity index (χ0n) is 14.9. The summed E-state index contributed by atoms with van der Waals surface area (Å²) in [5.74, 6) is -1.68. The number of ether oxygens (including phenoxy) is 2. The van der Waals surface area contributed by atoms with E-state index in [0.29, 0.717) is 22.5 Å². The topological polar surface area (TPSA) is 55.8 Å². The molecule has 3 rings (SSSR count). The Morgan fingerprint density at radius 1 is 1.15 bits per heavy atom. The molecule has 1 N–H and O–H groups in total. The van der Waals surface area contributed by atoms with E-state index >= 15 is 0 Å². The number of methoxy groups -OCH3 is 1. The number of allylic oxidation sites excluding steroid dienone is 1. The first-order chi connectivity index (χ1) is 12.4. The van der Waals surface area contributed by atoms with Crippen LogP contribution < -0.4 is 4.74 Å². The molecule has 0 saturated heterocycles. The van der Waals surface area contributed by atoms with Crippen molar-refractivity contribution in [2.24, 2.45) is 0 Å². The van der Waals surface area contributed by atoms with E-state index in [4.69, 9.17) is 9.47 Å². The molecular weight excluding hydrogens is 335 g/mol. The Labute approximate surface area is 152 Å². The van der Waals surface area contributed by atoms with E-state index in [1.54, 1.807) is 68.7 Å². The van der Waals surface area contributed by atoms with Crippen molar-refractivity contribution in [1.29, 1.82) is 0 Å². The van der Waals surface area contributed by atoms with Gasteiger partial charge in [0.15, 0.2) is 0 Å². The molecule has 2 aromatic rings. The van der Waals surface area contributed by atoms with Gasteiger partial charge in [0.2, 0.25) is 5.79 Å². The Balaban J connectivity index is 0.000000290. The van der Waals surface area contributed by atoms with Crippen LogP contribution in [0.25, 0.3) is 5.57 Å². The van der Waals surface area contributed by atoms with Crippen molar-refractivity contribution in [2.75, 3.05) is 7.11 Å². The summed E-state index contributed by atoms with van der Waals surface area (Å²) in [6.45, 7) is 3.26. The third kappa shape index (κ3) is 4.58. The van der Waals surface area contributed by atoms with Gasteiger partial charge in [-0.15, -0.1) is 0 Å². The number of cyclic esters (lactones) is 1. The second-order valence-electron chi connectivity index (χ2n) is 5.69. The minimum atomic E-state index is -1.63. The highest BCUT2D eigenvalue weighted by Gasteiger charge is 2.42. The number of carbonyl (C=O) groups is 1. The van der Waals surface area contributed by atoms with Gasteiger partial charge in [-0.1, -0.05) is 42.5 Å². The first kappa shape index (κ1) is 19.4. The number of carbonyl (C=O) groups excluding carboxylic acids is 1. The van der Waals surface area contributed by atoms with Gasteiger partial charge in [-0.25, -0.2) is 9.18 Å². The van der Waals surface area contributed by atoms with Crippen LogP contribution in [-0.2, 0) is 9.53 Å². The Hall–Kier alpha value is -2.92. The van der Waals surface area contributed by atoms with E-state index in [-0.39, 0.29) is 5.82 Å². The molecule has 0 spiro atoms. The van der Waals surface area contributed by atoms with Crippen molar-refractivity contribution in [1.82, 2.24) is 0 Å². The van der Waals surface area contributed by atoms with Crippen LogP contribution in [0.4, 0.5) is 4.39 Å². The van der Waals surface area contributed by atoms with E-state index in [0.717, 1.165) is 0 Å². The molecule has 26 heavy (non-hydrogen) atoms. The third-order valence-electron chi connectivity index (χ3n) is 3.67. The van der Waals surface area contributed by atoms with E-state index in [1.165, 1.54) is 19.1 Å². The highest BCUT2D eigenvalue weighted by molar-refractivity contribution is 6.06. The predicted octanol–water partition coefficient (Wildman–Crippen LogP) is 4.12. The molecule has 0 aromatic heterocycles. The number of rotatable bonds is 3. The lowest BCUT2D eigenvalue weighted by Gasteiger charge is -2.20. The molecule has 1 atom stereocenters. The minimum absolute atomic E-state index is 0.178. The first-order valence-corrected chi connectivity index (χ1v) is 8.07. The molecule has 0 radical (unpaired) electrons. The van der Waals surface area contributed by atoms with Gasteiger partial charge in [-0.2, -0.15) is 0 Å². The summed E-state index contributed by atoms with van der Waals surface area (Å²) in [6, 6.07) is 15.1. The van der Waals surface area contributed by atoms with E-state index in [2.05, 4.69) is 0 Å². The van der Waals surface area contributed by atoms with Gasteiger partial charge >= 0.3 is 5.97 Å². The first-order valence-electron chi connectivity index (χ1n) is 8.07. The Morgan fingerprint density at radius 3 is 2.38 bits per heavy atom. The molecule has 4 nitrogen and oxygen atoms in total. The Morgan fingerprint density at radius 2 is 1.85 bits per heavy atom. The van der Waals surface area contributed by atoms with Crippen LogP contribution in [0.1, 0.15) is 19.4 Å². The van der Waals surface area contributed by atoms with Crippen LogP contribution in [0.2, 0.25) is 0 Å². The lowest BCUT2D eigenvalue weighted by molar-refractivity contribution is -0.170. The standard InChI is InChI=1S/C15H16O4.C6H5F/c1-4-6-12-13(15(2,17)19-14(12)16)10-7-5-8-11(9-10)18-3;7-6-4-2-1-3-5-6/h4-9,17H,1-3H3;1-5H/b6-4+;. The second-order valence-corrected chi connectivity index (χ2v) is 5.69. The third-order valence-corrected chi connectivity index (χ3v) is 3.67. The van der Waals surface area contributed by atoms with Crippen LogP contribution in [0.15, 0.2) is 72.3 Å². The fraction of sp³-hybridized carbons (Fsp3) is 0.190. The zero-order valence-corrected chi connectivity index (χ0v) is 14.9. The molecule has 0 aliphatic carbocycles.